The van der Waals surface area contributed by atoms with Gasteiger partial charge in [-0.15, -0.1) is 0 Å². The quantitative estimate of drug-likeness (QED) is 0.175. The van der Waals surface area contributed by atoms with Crippen LogP contribution in [0.3, 0.4) is 0 Å². The van der Waals surface area contributed by atoms with Gasteiger partial charge in [0.05, 0.1) is 17.3 Å². The van der Waals surface area contributed by atoms with E-state index in [1.54, 1.807) is 42.5 Å². The molecular weight excluding hydrogens is 496 g/mol. The van der Waals surface area contributed by atoms with E-state index < -0.39 is 5.97 Å². The molecule has 7 heteroatoms. The van der Waals surface area contributed by atoms with Gasteiger partial charge in [0.15, 0.2) is 5.78 Å². The molecule has 5 rings (SSSR count). The van der Waals surface area contributed by atoms with Crippen LogP contribution in [0.4, 0.5) is 0 Å². The topological polar surface area (TPSA) is 89.4 Å². The normalized spacial score (nSPS) is 11.7. The van der Waals surface area contributed by atoms with Gasteiger partial charge in [0.2, 0.25) is 0 Å². The van der Waals surface area contributed by atoms with E-state index in [1.165, 1.54) is 0 Å². The maximum Gasteiger partial charge on any atom is 0.336 e. The van der Waals surface area contributed by atoms with Crippen molar-refractivity contribution in [3.63, 3.8) is 0 Å². The van der Waals surface area contributed by atoms with Crippen LogP contribution in [0.5, 0.6) is 5.75 Å². The Bertz CT molecular complexity index is 1620. The Kier molecular flexibility index (Phi) is 7.38. The second-order valence-corrected chi connectivity index (χ2v) is 9.45. The largest absolute Gasteiger partial charge is 0.489 e. The summed E-state index contributed by atoms with van der Waals surface area (Å²) in [5.74, 6) is -0.908. The molecule has 0 aliphatic carbocycles. The summed E-state index contributed by atoms with van der Waals surface area (Å²) in [5.41, 5.74) is 5.18. The number of rotatable bonds is 9. The van der Waals surface area contributed by atoms with Crippen molar-refractivity contribution in [3.05, 3.63) is 130 Å². The van der Waals surface area contributed by atoms with Crippen LogP contribution in [0.1, 0.15) is 32.6 Å². The number of hydrogen-bond donors (Lipinski definition) is 1. The minimum atomic E-state index is -1.18. The summed E-state index contributed by atoms with van der Waals surface area (Å²) in [5, 5.41) is 10.3. The van der Waals surface area contributed by atoms with Gasteiger partial charge < -0.3 is 9.84 Å². The summed E-state index contributed by atoms with van der Waals surface area (Å²) in [6.07, 6.45) is 0.167. The van der Waals surface area contributed by atoms with Crippen molar-refractivity contribution in [3.8, 4) is 5.75 Å². The van der Waals surface area contributed by atoms with Crippen LogP contribution in [-0.2, 0) is 17.8 Å². The zero-order chi connectivity index (χ0) is 26.5. The molecule has 0 aliphatic heterocycles. The fourth-order valence-electron chi connectivity index (χ4n) is 4.17. The number of carbonyl (C=O) groups excluding carboxylic acids is 1. The number of benzene rings is 4. The lowest BCUT2D eigenvalue weighted by molar-refractivity contribution is -0.130. The van der Waals surface area contributed by atoms with E-state index >= 15 is 0 Å². The number of Topliss-reactive ketones (excluding diaryl/α,β-unsaturated/α-hetero) is 1. The Hall–Kier alpha value is -4.62. The molecule has 1 N–H and O–H groups in total. The molecule has 0 aliphatic rings. The SMILES string of the molecule is Cc1ccc(C/C(C(=O)c2ccc(OCc3ccccc3)cc2)=C(\C(=O)O)c2ccc3nsnc3c2)cc1. The van der Waals surface area contributed by atoms with Gasteiger partial charge in [-0.3, -0.25) is 4.79 Å². The van der Waals surface area contributed by atoms with E-state index in [4.69, 9.17) is 4.74 Å². The third-order valence-electron chi connectivity index (χ3n) is 6.20. The number of aryl methyl sites for hydroxylation is 1. The van der Waals surface area contributed by atoms with Gasteiger partial charge in [0, 0.05) is 17.6 Å². The molecule has 38 heavy (non-hydrogen) atoms. The van der Waals surface area contributed by atoms with Gasteiger partial charge in [-0.05, 0) is 60.0 Å². The molecule has 1 heterocycles. The molecule has 0 unspecified atom stereocenters. The number of carbonyl (C=O) groups is 2. The van der Waals surface area contributed by atoms with Crippen molar-refractivity contribution >= 4 is 40.1 Å². The van der Waals surface area contributed by atoms with E-state index in [-0.39, 0.29) is 23.4 Å². The molecule has 0 atom stereocenters. The average Bonchev–Trinajstić information content (AvgIpc) is 3.41. The lowest BCUT2D eigenvalue weighted by Crippen LogP contribution is -2.14. The molecule has 6 nitrogen and oxygen atoms in total. The summed E-state index contributed by atoms with van der Waals surface area (Å²) in [7, 11) is 0. The van der Waals surface area contributed by atoms with Crippen molar-refractivity contribution in [1.82, 2.24) is 8.75 Å². The van der Waals surface area contributed by atoms with Gasteiger partial charge in [-0.25, -0.2) is 4.79 Å². The number of ketones is 1. The fraction of sp³-hybridized carbons (Fsp3) is 0.0968. The zero-order valence-electron chi connectivity index (χ0n) is 20.6. The van der Waals surface area contributed by atoms with E-state index in [0.717, 1.165) is 28.4 Å². The van der Waals surface area contributed by atoms with Crippen LogP contribution < -0.4 is 4.74 Å². The Morgan fingerprint density at radius 1 is 0.789 bits per heavy atom. The maximum atomic E-state index is 13.9. The Balaban J connectivity index is 1.51. The average molecular weight is 521 g/mol. The number of ether oxygens (including phenoxy) is 1. The van der Waals surface area contributed by atoms with Crippen LogP contribution >= 0.6 is 11.7 Å². The molecule has 4 aromatic carbocycles. The first-order chi connectivity index (χ1) is 18.5. The third kappa shape index (κ3) is 5.68. The van der Waals surface area contributed by atoms with Gasteiger partial charge in [0.1, 0.15) is 23.4 Å². The number of nitrogens with zero attached hydrogens (tertiary/aromatic N) is 2. The summed E-state index contributed by atoms with van der Waals surface area (Å²) in [6.45, 7) is 2.39. The van der Waals surface area contributed by atoms with Gasteiger partial charge >= 0.3 is 5.97 Å². The maximum absolute atomic E-state index is 13.9. The van der Waals surface area contributed by atoms with E-state index in [2.05, 4.69) is 8.75 Å². The first-order valence-electron chi connectivity index (χ1n) is 12.0. The number of aromatic nitrogens is 2. The first kappa shape index (κ1) is 25.0. The minimum absolute atomic E-state index is 0.0464. The van der Waals surface area contributed by atoms with Gasteiger partial charge in [-0.1, -0.05) is 66.2 Å². The molecule has 0 bridgehead atoms. The molecule has 1 aromatic heterocycles. The van der Waals surface area contributed by atoms with Crippen molar-refractivity contribution in [2.24, 2.45) is 0 Å². The van der Waals surface area contributed by atoms with Crippen LogP contribution in [0, 0.1) is 6.92 Å². The summed E-state index contributed by atoms with van der Waals surface area (Å²) < 4.78 is 14.3. The van der Waals surface area contributed by atoms with Crippen molar-refractivity contribution in [2.75, 3.05) is 0 Å². The van der Waals surface area contributed by atoms with Crippen molar-refractivity contribution in [2.45, 2.75) is 20.0 Å². The van der Waals surface area contributed by atoms with Crippen LogP contribution in [0.15, 0.2) is 103 Å². The summed E-state index contributed by atoms with van der Waals surface area (Å²) in [4.78, 5) is 26.5. The lowest BCUT2D eigenvalue weighted by atomic mass is 9.89. The highest BCUT2D eigenvalue weighted by Gasteiger charge is 2.24. The van der Waals surface area contributed by atoms with Crippen LogP contribution in [0.2, 0.25) is 0 Å². The highest BCUT2D eigenvalue weighted by Crippen LogP contribution is 2.28. The van der Waals surface area contributed by atoms with E-state index in [9.17, 15) is 14.7 Å². The smallest absolute Gasteiger partial charge is 0.336 e. The standard InChI is InChI=1S/C31H24N2O4S/c1-20-7-9-21(10-8-20)17-26(29(31(35)36)24-13-16-27-28(18-24)33-38-32-27)30(34)23-11-14-25(15-12-23)37-19-22-5-3-2-4-6-22/h2-16,18H,17,19H2,1H3,(H,35,36)/b29-26+. The molecule has 0 radical (unpaired) electrons. The minimum Gasteiger partial charge on any atom is -0.489 e. The summed E-state index contributed by atoms with van der Waals surface area (Å²) >= 11 is 1.06. The first-order valence-corrected chi connectivity index (χ1v) is 12.8. The summed E-state index contributed by atoms with van der Waals surface area (Å²) in [6, 6.07) is 29.4. The number of aliphatic carboxylic acids is 1. The Morgan fingerprint density at radius 2 is 1.47 bits per heavy atom. The van der Waals surface area contributed by atoms with Crippen LogP contribution in [-0.4, -0.2) is 25.6 Å². The molecule has 0 fully saturated rings. The monoisotopic (exact) mass is 520 g/mol. The highest BCUT2D eigenvalue weighted by molar-refractivity contribution is 7.00. The van der Waals surface area contributed by atoms with E-state index in [0.29, 0.717) is 34.5 Å². The number of hydrogen-bond acceptors (Lipinski definition) is 6. The Labute approximate surface area is 224 Å². The molecular formula is C31H24N2O4S. The molecule has 0 saturated heterocycles. The number of fused-ring (bicyclic) bond motifs is 1. The fourth-order valence-corrected chi connectivity index (χ4v) is 4.69. The zero-order valence-corrected chi connectivity index (χ0v) is 21.4. The van der Waals surface area contributed by atoms with Gasteiger partial charge in [-0.2, -0.15) is 8.75 Å². The predicted octanol–water partition coefficient (Wildman–Crippen LogP) is 6.54. The second-order valence-electron chi connectivity index (χ2n) is 8.92. The number of carboxylic acids is 1. The molecule has 188 valence electrons. The third-order valence-corrected chi connectivity index (χ3v) is 6.76. The molecule has 0 amide bonds. The lowest BCUT2D eigenvalue weighted by Gasteiger charge is -2.14. The number of allylic oxidation sites excluding steroid dienone is 1. The van der Waals surface area contributed by atoms with Crippen molar-refractivity contribution < 1.29 is 19.4 Å². The molecule has 0 spiro atoms. The van der Waals surface area contributed by atoms with Crippen LogP contribution in [0.25, 0.3) is 16.6 Å². The predicted molar refractivity (Wildman–Crippen MR) is 148 cm³/mol. The van der Waals surface area contributed by atoms with E-state index in [1.807, 2.05) is 61.5 Å². The highest BCUT2D eigenvalue weighted by atomic mass is 32.1. The van der Waals surface area contributed by atoms with Crippen molar-refractivity contribution in [1.29, 1.82) is 0 Å². The Morgan fingerprint density at radius 3 is 2.18 bits per heavy atom. The molecule has 0 saturated carbocycles. The number of carboxylic acid groups (broad SMARTS) is 1. The van der Waals surface area contributed by atoms with Gasteiger partial charge in [0.25, 0.3) is 0 Å². The second kappa shape index (κ2) is 11.2. The molecule has 5 aromatic rings.